The summed E-state index contributed by atoms with van der Waals surface area (Å²) in [5.41, 5.74) is 0. The Morgan fingerprint density at radius 2 is 0.364 bits per heavy atom. The topological polar surface area (TPSA) is 115 Å². The summed E-state index contributed by atoms with van der Waals surface area (Å²) in [7, 11) is 2.00. The van der Waals surface area contributed by atoms with E-state index in [1.165, 1.54) is 193 Å². The van der Waals surface area contributed by atoms with E-state index in [0.717, 1.165) is 26.4 Å². The maximum absolute atomic E-state index is 9.25. The van der Waals surface area contributed by atoms with Crippen molar-refractivity contribution in [3.8, 4) is 0 Å². The molecule has 0 atom stereocenters. The maximum atomic E-state index is 9.25. The van der Waals surface area contributed by atoms with E-state index < -0.39 is 11.9 Å². The highest BCUT2D eigenvalue weighted by Gasteiger charge is 1.97. The van der Waals surface area contributed by atoms with Crippen LogP contribution < -0.4 is 0 Å². The van der Waals surface area contributed by atoms with E-state index in [9.17, 15) is 9.59 Å². The second kappa shape index (κ2) is 50.9. The van der Waals surface area contributed by atoms with Crippen LogP contribution in [0.3, 0.4) is 0 Å². The second-order valence-corrected chi connectivity index (χ2v) is 11.7. The molecule has 0 unspecified atom stereocenters. The molecule has 0 aliphatic heterocycles. The zero-order chi connectivity index (χ0) is 33.8. The number of aliphatic carboxylic acids is 2. The Balaban J connectivity index is -0.000000227. The van der Waals surface area contributed by atoms with Gasteiger partial charge in [0.15, 0.2) is 0 Å². The maximum Gasteiger partial charge on any atom is 0.327 e. The fourth-order valence-corrected chi connectivity index (χ4v) is 5.30. The van der Waals surface area contributed by atoms with Crippen molar-refractivity contribution < 1.29 is 30.0 Å². The highest BCUT2D eigenvalue weighted by atomic mass is 16.4. The summed E-state index contributed by atoms with van der Waals surface area (Å²) >= 11 is 0. The summed E-state index contributed by atoms with van der Waals surface area (Å²) in [5, 5.41) is 29.2. The van der Waals surface area contributed by atoms with Gasteiger partial charge in [0.25, 0.3) is 0 Å². The molecule has 6 heteroatoms. The van der Waals surface area contributed by atoms with Crippen molar-refractivity contribution in [2.75, 3.05) is 14.2 Å². The molecule has 6 nitrogen and oxygen atoms in total. The van der Waals surface area contributed by atoms with Crippen LogP contribution >= 0.6 is 0 Å². The van der Waals surface area contributed by atoms with Crippen LogP contribution in [0.5, 0.6) is 0 Å². The lowest BCUT2D eigenvalue weighted by atomic mass is 10.0. The third-order valence-electron chi connectivity index (χ3n) is 7.85. The zero-order valence-electron chi connectivity index (χ0n) is 29.4. The summed E-state index contributed by atoms with van der Waals surface area (Å²) in [4.78, 5) is 18.5. The van der Waals surface area contributed by atoms with Gasteiger partial charge in [0, 0.05) is 26.4 Å². The van der Waals surface area contributed by atoms with E-state index in [1.807, 2.05) is 0 Å². The average Bonchev–Trinajstić information content (AvgIpc) is 3.08. The largest absolute Gasteiger partial charge is 0.478 e. The number of aliphatic hydroxyl groups is 2. The van der Waals surface area contributed by atoms with Gasteiger partial charge in [-0.3, -0.25) is 0 Å². The van der Waals surface area contributed by atoms with Crippen LogP contribution in [0.25, 0.3) is 0 Å². The van der Waals surface area contributed by atoms with Gasteiger partial charge in [-0.15, -0.1) is 0 Å². The highest BCUT2D eigenvalue weighted by Crippen LogP contribution is 2.17. The van der Waals surface area contributed by atoms with Crippen molar-refractivity contribution >= 4 is 11.9 Å². The molecule has 3 fully saturated rings. The lowest BCUT2D eigenvalue weighted by Gasteiger charge is -2.05. The van der Waals surface area contributed by atoms with Gasteiger partial charge in [0.1, 0.15) is 0 Å². The average molecular weight is 629 g/mol. The fourth-order valence-electron chi connectivity index (χ4n) is 5.30. The van der Waals surface area contributed by atoms with Crippen LogP contribution in [0.1, 0.15) is 193 Å². The molecule has 0 saturated heterocycles. The van der Waals surface area contributed by atoms with Crippen molar-refractivity contribution in [3.63, 3.8) is 0 Å². The molecular formula is C38H76O6. The standard InChI is InChI=1S/3C10H20.2C3H4O2.2CH4O/c3*1-2-4-6-8-10-9-7-5-3-1;2*1-2-3(4)5;2*1-2/h3*1-10H2;2*2H,1H2,(H,4,5);2*2H,1H3. The van der Waals surface area contributed by atoms with Crippen LogP contribution in [0.4, 0.5) is 0 Å². The quantitative estimate of drug-likeness (QED) is 0.226. The minimum Gasteiger partial charge on any atom is -0.478 e. The first kappa shape index (κ1) is 49.2. The Kier molecular flexibility index (Phi) is 57.0. The summed E-state index contributed by atoms with van der Waals surface area (Å²) in [5.74, 6) is -1.96. The van der Waals surface area contributed by atoms with Gasteiger partial charge < -0.3 is 20.4 Å². The fraction of sp³-hybridized carbons (Fsp3) is 0.842. The molecule has 0 aromatic heterocycles. The van der Waals surface area contributed by atoms with Gasteiger partial charge in [-0.2, -0.15) is 0 Å². The molecule has 0 aromatic rings. The van der Waals surface area contributed by atoms with E-state index in [1.54, 1.807) is 0 Å². The third kappa shape index (κ3) is 59.7. The zero-order valence-corrected chi connectivity index (χ0v) is 29.4. The molecule has 0 radical (unpaired) electrons. The smallest absolute Gasteiger partial charge is 0.327 e. The van der Waals surface area contributed by atoms with Crippen LogP contribution in [0, 0.1) is 0 Å². The SMILES string of the molecule is C1CCCCCCCCC1.C1CCCCCCCCC1.C1CCCCCCCCC1.C=CC(=O)O.C=CC(=O)O.CO.CO. The van der Waals surface area contributed by atoms with E-state index in [4.69, 9.17) is 20.4 Å². The van der Waals surface area contributed by atoms with Crippen molar-refractivity contribution in [2.24, 2.45) is 0 Å². The first-order valence-electron chi connectivity index (χ1n) is 18.1. The number of carboxylic acids is 2. The van der Waals surface area contributed by atoms with Crippen molar-refractivity contribution in [1.82, 2.24) is 0 Å². The molecule has 264 valence electrons. The van der Waals surface area contributed by atoms with Crippen LogP contribution in [-0.4, -0.2) is 46.6 Å². The number of rotatable bonds is 2. The Labute approximate surface area is 273 Å². The van der Waals surface area contributed by atoms with E-state index in [-0.39, 0.29) is 0 Å². The minimum absolute atomic E-state index is 0.833. The molecule has 0 spiro atoms. The predicted octanol–water partition coefficient (Wildman–Crippen LogP) is 11.4. The summed E-state index contributed by atoms with van der Waals surface area (Å²) in [6, 6.07) is 0. The number of hydrogen-bond donors (Lipinski definition) is 4. The summed E-state index contributed by atoms with van der Waals surface area (Å²) < 4.78 is 0. The number of aliphatic hydroxyl groups excluding tert-OH is 2. The van der Waals surface area contributed by atoms with Gasteiger partial charge in [0.2, 0.25) is 0 Å². The van der Waals surface area contributed by atoms with Gasteiger partial charge in [-0.25, -0.2) is 9.59 Å². The minimum atomic E-state index is -0.981. The molecule has 3 rings (SSSR count). The Morgan fingerprint density at radius 3 is 0.386 bits per heavy atom. The highest BCUT2D eigenvalue weighted by molar-refractivity contribution is 5.79. The van der Waals surface area contributed by atoms with Crippen molar-refractivity contribution in [3.05, 3.63) is 25.3 Å². The van der Waals surface area contributed by atoms with E-state index in [0.29, 0.717) is 0 Å². The molecule has 0 amide bonds. The Bertz CT molecular complexity index is 384. The number of carboxylic acid groups (broad SMARTS) is 2. The molecule has 0 heterocycles. The monoisotopic (exact) mass is 629 g/mol. The van der Waals surface area contributed by atoms with Gasteiger partial charge >= 0.3 is 11.9 Å². The molecular weight excluding hydrogens is 552 g/mol. The van der Waals surface area contributed by atoms with Gasteiger partial charge in [0.05, 0.1) is 0 Å². The number of hydrogen-bond acceptors (Lipinski definition) is 4. The van der Waals surface area contributed by atoms with Crippen LogP contribution in [-0.2, 0) is 9.59 Å². The van der Waals surface area contributed by atoms with Crippen molar-refractivity contribution in [2.45, 2.75) is 193 Å². The summed E-state index contributed by atoms with van der Waals surface area (Å²) in [6.07, 6.45) is 46.7. The molecule has 3 aliphatic rings. The molecule has 0 bridgehead atoms. The van der Waals surface area contributed by atoms with Gasteiger partial charge in [-0.1, -0.05) is 206 Å². The molecule has 4 N–H and O–H groups in total. The third-order valence-corrected chi connectivity index (χ3v) is 7.85. The van der Waals surface area contributed by atoms with Crippen LogP contribution in [0.2, 0.25) is 0 Å². The van der Waals surface area contributed by atoms with Gasteiger partial charge in [-0.05, 0) is 0 Å². The first-order valence-corrected chi connectivity index (χ1v) is 18.1. The molecule has 3 saturated carbocycles. The lowest BCUT2D eigenvalue weighted by Crippen LogP contribution is -1.85. The molecule has 3 aliphatic carbocycles. The van der Waals surface area contributed by atoms with E-state index in [2.05, 4.69) is 13.2 Å². The summed E-state index contributed by atoms with van der Waals surface area (Å²) in [6.45, 7) is 5.92. The Morgan fingerprint density at radius 1 is 0.318 bits per heavy atom. The predicted molar refractivity (Wildman–Crippen MR) is 190 cm³/mol. The van der Waals surface area contributed by atoms with Crippen molar-refractivity contribution in [1.29, 1.82) is 0 Å². The molecule has 44 heavy (non-hydrogen) atoms. The Hall–Kier alpha value is -1.66. The molecule has 0 aromatic carbocycles. The van der Waals surface area contributed by atoms with Crippen LogP contribution in [0.15, 0.2) is 25.3 Å². The van der Waals surface area contributed by atoms with E-state index >= 15 is 0 Å². The first-order chi connectivity index (χ1) is 21.5. The normalized spacial score (nSPS) is 18.1. The second-order valence-electron chi connectivity index (χ2n) is 11.7. The lowest BCUT2D eigenvalue weighted by molar-refractivity contribution is -0.132. The number of carbonyl (C=O) groups is 2.